The van der Waals surface area contributed by atoms with Crippen LogP contribution in [0.5, 0.6) is 0 Å². The van der Waals surface area contributed by atoms with E-state index < -0.39 is 0 Å². The molecule has 0 saturated heterocycles. The van der Waals surface area contributed by atoms with Crippen LogP contribution >= 0.6 is 11.3 Å². The largest absolute Gasteiger partial charge is 0.462 e. The highest BCUT2D eigenvalue weighted by Gasteiger charge is 2.16. The normalized spacial score (nSPS) is 12.2. The fourth-order valence-electron chi connectivity index (χ4n) is 2.27. The van der Waals surface area contributed by atoms with E-state index in [4.69, 9.17) is 4.74 Å². The molecule has 0 radical (unpaired) electrons. The van der Waals surface area contributed by atoms with Crippen molar-refractivity contribution in [3.05, 3.63) is 35.1 Å². The first-order valence-electron chi connectivity index (χ1n) is 7.99. The van der Waals surface area contributed by atoms with Gasteiger partial charge in [0.25, 0.3) is 0 Å². The smallest absolute Gasteiger partial charge is 0.348 e. The van der Waals surface area contributed by atoms with Crippen LogP contribution in [0.25, 0.3) is 10.1 Å². The van der Waals surface area contributed by atoms with Crippen molar-refractivity contribution in [3.63, 3.8) is 0 Å². The number of carbonyl (C=O) groups is 1. The zero-order chi connectivity index (χ0) is 19.1. The SMILES string of the molecule is C=N/C=C(\N=CC)N=Nc1ccc(N(C)C)c2cc(C(=O)OCC)sc12. The number of carbonyl (C=O) groups excluding carboxylic acids is 1. The third kappa shape index (κ3) is 4.40. The molecule has 0 saturated carbocycles. The van der Waals surface area contributed by atoms with Crippen LogP contribution < -0.4 is 4.90 Å². The summed E-state index contributed by atoms with van der Waals surface area (Å²) < 4.78 is 5.97. The van der Waals surface area contributed by atoms with Crippen LogP contribution in [0.4, 0.5) is 11.4 Å². The van der Waals surface area contributed by atoms with Crippen LogP contribution in [0.3, 0.4) is 0 Å². The number of aliphatic imine (C=N–C) groups is 2. The summed E-state index contributed by atoms with van der Waals surface area (Å²) in [6.07, 6.45) is 3.03. The average molecular weight is 371 g/mol. The lowest BCUT2D eigenvalue weighted by atomic mass is 10.2. The van der Waals surface area contributed by atoms with Gasteiger partial charge in [0.2, 0.25) is 0 Å². The van der Waals surface area contributed by atoms with Crippen LogP contribution in [-0.2, 0) is 4.74 Å². The third-order valence-corrected chi connectivity index (χ3v) is 4.46. The Morgan fingerprint density at radius 2 is 2.15 bits per heavy atom. The Bertz CT molecular complexity index is 896. The van der Waals surface area contributed by atoms with Crippen molar-refractivity contribution < 1.29 is 9.53 Å². The van der Waals surface area contributed by atoms with E-state index in [1.165, 1.54) is 17.5 Å². The molecule has 0 bridgehead atoms. The predicted octanol–water partition coefficient (Wildman–Crippen LogP) is 4.82. The van der Waals surface area contributed by atoms with E-state index in [1.807, 2.05) is 37.2 Å². The first-order chi connectivity index (χ1) is 12.5. The molecular formula is C18H21N5O2S. The average Bonchev–Trinajstić information content (AvgIpc) is 3.05. The highest BCUT2D eigenvalue weighted by atomic mass is 32.1. The van der Waals surface area contributed by atoms with Gasteiger partial charge in [0.15, 0.2) is 5.82 Å². The summed E-state index contributed by atoms with van der Waals surface area (Å²) in [7, 11) is 3.90. The van der Waals surface area contributed by atoms with Crippen molar-refractivity contribution in [2.24, 2.45) is 20.2 Å². The number of azo groups is 1. The maximum Gasteiger partial charge on any atom is 0.348 e. The fraction of sp³-hybridized carbons (Fsp3) is 0.278. The molecule has 0 unspecified atom stereocenters. The Kier molecular flexibility index (Phi) is 6.74. The molecule has 0 atom stereocenters. The zero-order valence-corrected chi connectivity index (χ0v) is 16.1. The second-order valence-corrected chi connectivity index (χ2v) is 6.38. The molecule has 0 aliphatic rings. The number of anilines is 1. The molecule has 1 aromatic carbocycles. The minimum Gasteiger partial charge on any atom is -0.462 e. The summed E-state index contributed by atoms with van der Waals surface area (Å²) in [6, 6.07) is 5.64. The molecule has 7 nitrogen and oxygen atoms in total. The molecule has 8 heteroatoms. The van der Waals surface area contributed by atoms with Crippen molar-refractivity contribution in [2.75, 3.05) is 25.6 Å². The Hall–Kier alpha value is -2.87. The summed E-state index contributed by atoms with van der Waals surface area (Å²) in [6.45, 7) is 7.30. The predicted molar refractivity (Wildman–Crippen MR) is 108 cm³/mol. The molecule has 2 aromatic rings. The van der Waals surface area contributed by atoms with Gasteiger partial charge in [-0.3, -0.25) is 4.99 Å². The van der Waals surface area contributed by atoms with Gasteiger partial charge in [-0.2, -0.15) is 0 Å². The molecule has 26 heavy (non-hydrogen) atoms. The summed E-state index contributed by atoms with van der Waals surface area (Å²) >= 11 is 1.33. The number of fused-ring (bicyclic) bond motifs is 1. The molecule has 0 aliphatic carbocycles. The molecule has 136 valence electrons. The van der Waals surface area contributed by atoms with Gasteiger partial charge in [-0.25, -0.2) is 9.79 Å². The molecule has 0 N–H and O–H groups in total. The molecule has 0 amide bonds. The van der Waals surface area contributed by atoms with E-state index in [-0.39, 0.29) is 5.97 Å². The lowest BCUT2D eigenvalue weighted by molar-refractivity contribution is 0.0532. The fourth-order valence-corrected chi connectivity index (χ4v) is 3.30. The summed E-state index contributed by atoms with van der Waals surface area (Å²) in [5, 5.41) is 9.33. The number of esters is 1. The minimum atomic E-state index is -0.340. The van der Waals surface area contributed by atoms with Gasteiger partial charge in [0.1, 0.15) is 10.6 Å². The maximum atomic E-state index is 12.1. The van der Waals surface area contributed by atoms with Gasteiger partial charge >= 0.3 is 5.97 Å². The molecule has 0 fully saturated rings. The molecule has 1 heterocycles. The number of rotatable bonds is 7. The second-order valence-electron chi connectivity index (χ2n) is 5.33. The van der Waals surface area contributed by atoms with Crippen LogP contribution in [0.15, 0.2) is 50.4 Å². The number of ether oxygens (including phenoxy) is 1. The van der Waals surface area contributed by atoms with Crippen molar-refractivity contribution in [3.8, 4) is 0 Å². The number of nitrogens with zero attached hydrogens (tertiary/aromatic N) is 5. The van der Waals surface area contributed by atoms with Gasteiger partial charge in [-0.15, -0.1) is 21.6 Å². The zero-order valence-electron chi connectivity index (χ0n) is 15.3. The van der Waals surface area contributed by atoms with Crippen molar-refractivity contribution >= 4 is 51.7 Å². The number of thiophene rings is 1. The first-order valence-corrected chi connectivity index (χ1v) is 8.80. The van der Waals surface area contributed by atoms with Crippen LogP contribution in [0, 0.1) is 0 Å². The molecule has 0 spiro atoms. The summed E-state index contributed by atoms with van der Waals surface area (Å²) in [4.78, 5) is 22.4. The Morgan fingerprint density at radius 1 is 1.38 bits per heavy atom. The van der Waals surface area contributed by atoms with E-state index in [9.17, 15) is 4.79 Å². The third-order valence-electron chi connectivity index (χ3n) is 3.33. The number of hydrogen-bond donors (Lipinski definition) is 0. The molecule has 2 rings (SSSR count). The number of benzene rings is 1. The van der Waals surface area contributed by atoms with E-state index in [2.05, 4.69) is 26.9 Å². The van der Waals surface area contributed by atoms with E-state index in [0.717, 1.165) is 15.8 Å². The Labute approximate surface area is 156 Å². The maximum absolute atomic E-state index is 12.1. The van der Waals surface area contributed by atoms with Crippen LogP contribution in [-0.4, -0.2) is 39.6 Å². The first kappa shape index (κ1) is 19.5. The van der Waals surface area contributed by atoms with Gasteiger partial charge in [-0.05, 0) is 38.8 Å². The van der Waals surface area contributed by atoms with Crippen molar-refractivity contribution in [1.29, 1.82) is 0 Å². The number of hydrogen-bond acceptors (Lipinski definition) is 8. The Morgan fingerprint density at radius 3 is 2.77 bits per heavy atom. The van der Waals surface area contributed by atoms with Crippen LogP contribution in [0.1, 0.15) is 23.5 Å². The minimum absolute atomic E-state index is 0.331. The van der Waals surface area contributed by atoms with Crippen LogP contribution in [0.2, 0.25) is 0 Å². The van der Waals surface area contributed by atoms with E-state index in [1.54, 1.807) is 20.1 Å². The summed E-state index contributed by atoms with van der Waals surface area (Å²) in [5.74, 6) is 0.00262. The monoisotopic (exact) mass is 371 g/mol. The lowest BCUT2D eigenvalue weighted by Gasteiger charge is -2.14. The van der Waals surface area contributed by atoms with Gasteiger partial charge in [0, 0.05) is 31.4 Å². The molecule has 0 aliphatic heterocycles. The summed E-state index contributed by atoms with van der Waals surface area (Å²) in [5.41, 5.74) is 1.63. The van der Waals surface area contributed by atoms with Crippen molar-refractivity contribution in [1.82, 2.24) is 0 Å². The van der Waals surface area contributed by atoms with E-state index in [0.29, 0.717) is 23.0 Å². The molecular weight excluding hydrogens is 350 g/mol. The van der Waals surface area contributed by atoms with Crippen molar-refractivity contribution in [2.45, 2.75) is 13.8 Å². The highest BCUT2D eigenvalue weighted by Crippen LogP contribution is 2.39. The molecule has 1 aromatic heterocycles. The quantitative estimate of drug-likeness (QED) is 0.398. The highest BCUT2D eigenvalue weighted by molar-refractivity contribution is 7.21. The van der Waals surface area contributed by atoms with Gasteiger partial charge < -0.3 is 9.64 Å². The second kappa shape index (κ2) is 9.00. The lowest BCUT2D eigenvalue weighted by Crippen LogP contribution is -2.08. The van der Waals surface area contributed by atoms with E-state index >= 15 is 0 Å². The topological polar surface area (TPSA) is 79.0 Å². The van der Waals surface area contributed by atoms with Gasteiger partial charge in [0.05, 0.1) is 17.5 Å². The Balaban J connectivity index is 2.56. The van der Waals surface area contributed by atoms with Gasteiger partial charge in [-0.1, -0.05) is 0 Å². The standard InChI is InChI=1S/C18H21N5O2S/c1-6-20-16(11-19-3)22-21-13-8-9-14(23(4)5)12-10-15(26-17(12)13)18(24)25-7-2/h6,8-11H,3,7H2,1-2,4-5H3/b16-11+,20-6?,22-21?.